The Hall–Kier alpha value is -2.00. The van der Waals surface area contributed by atoms with Crippen molar-refractivity contribution in [3.63, 3.8) is 0 Å². The predicted octanol–water partition coefficient (Wildman–Crippen LogP) is 3.96. The number of aliphatic hydroxyl groups is 1. The first-order valence-corrected chi connectivity index (χ1v) is 7.25. The molecule has 0 aliphatic carbocycles. The third-order valence-corrected chi connectivity index (χ3v) is 3.60. The first-order valence-electron chi connectivity index (χ1n) is 7.25. The van der Waals surface area contributed by atoms with E-state index in [1.807, 2.05) is 24.3 Å². The summed E-state index contributed by atoms with van der Waals surface area (Å²) in [5.74, 6) is 1.31. The van der Waals surface area contributed by atoms with Crippen molar-refractivity contribution in [2.45, 2.75) is 25.8 Å². The van der Waals surface area contributed by atoms with E-state index in [1.165, 1.54) is 5.56 Å². The first-order chi connectivity index (χ1) is 10.1. The molecule has 0 heterocycles. The Morgan fingerprint density at radius 2 is 1.71 bits per heavy atom. The lowest BCUT2D eigenvalue weighted by molar-refractivity contribution is 0.276. The molecule has 2 aromatic rings. The van der Waals surface area contributed by atoms with Crippen LogP contribution in [-0.2, 0) is 0 Å². The van der Waals surface area contributed by atoms with E-state index in [2.05, 4.69) is 43.4 Å². The van der Waals surface area contributed by atoms with E-state index in [0.717, 1.165) is 17.0 Å². The molecule has 0 aliphatic heterocycles. The van der Waals surface area contributed by atoms with Crippen molar-refractivity contribution < 1.29 is 9.84 Å². The van der Waals surface area contributed by atoms with E-state index in [9.17, 15) is 5.11 Å². The third-order valence-electron chi connectivity index (χ3n) is 3.60. The lowest BCUT2D eigenvalue weighted by atomic mass is 9.99. The SMILES string of the molecule is COc1cccc(NC(CO)c2ccc(C(C)C)cc2)c1. The van der Waals surface area contributed by atoms with Crippen LogP contribution in [0.2, 0.25) is 0 Å². The minimum Gasteiger partial charge on any atom is -0.497 e. The van der Waals surface area contributed by atoms with Gasteiger partial charge >= 0.3 is 0 Å². The number of benzene rings is 2. The van der Waals surface area contributed by atoms with Crippen molar-refractivity contribution in [1.82, 2.24) is 0 Å². The van der Waals surface area contributed by atoms with Gasteiger partial charge in [-0.05, 0) is 29.2 Å². The maximum absolute atomic E-state index is 9.65. The second-order valence-corrected chi connectivity index (χ2v) is 5.43. The second-order valence-electron chi connectivity index (χ2n) is 5.43. The van der Waals surface area contributed by atoms with Crippen LogP contribution in [0.3, 0.4) is 0 Å². The van der Waals surface area contributed by atoms with Gasteiger partial charge in [0.1, 0.15) is 5.75 Å². The summed E-state index contributed by atoms with van der Waals surface area (Å²) in [4.78, 5) is 0. The molecule has 2 aromatic carbocycles. The van der Waals surface area contributed by atoms with E-state index >= 15 is 0 Å². The Bertz CT molecular complexity index is 564. The average molecular weight is 285 g/mol. The van der Waals surface area contributed by atoms with E-state index < -0.39 is 0 Å². The van der Waals surface area contributed by atoms with Crippen molar-refractivity contribution in [2.24, 2.45) is 0 Å². The normalized spacial score (nSPS) is 12.2. The van der Waals surface area contributed by atoms with Crippen molar-refractivity contribution in [2.75, 3.05) is 19.0 Å². The van der Waals surface area contributed by atoms with E-state index in [1.54, 1.807) is 7.11 Å². The van der Waals surface area contributed by atoms with Gasteiger partial charge in [0.25, 0.3) is 0 Å². The van der Waals surface area contributed by atoms with E-state index in [4.69, 9.17) is 4.74 Å². The minimum atomic E-state index is -0.127. The summed E-state index contributed by atoms with van der Waals surface area (Å²) in [6, 6.07) is 16.0. The largest absolute Gasteiger partial charge is 0.497 e. The fourth-order valence-electron chi connectivity index (χ4n) is 2.26. The van der Waals surface area contributed by atoms with Crippen molar-refractivity contribution in [1.29, 1.82) is 0 Å². The lowest BCUT2D eigenvalue weighted by Crippen LogP contribution is -2.14. The lowest BCUT2D eigenvalue weighted by Gasteiger charge is -2.19. The molecule has 3 nitrogen and oxygen atoms in total. The highest BCUT2D eigenvalue weighted by Crippen LogP contribution is 2.24. The summed E-state index contributed by atoms with van der Waals surface area (Å²) >= 11 is 0. The summed E-state index contributed by atoms with van der Waals surface area (Å²) in [6.45, 7) is 4.39. The highest BCUT2D eigenvalue weighted by atomic mass is 16.5. The predicted molar refractivity (Wildman–Crippen MR) is 87.0 cm³/mol. The van der Waals surface area contributed by atoms with Crippen LogP contribution in [0.4, 0.5) is 5.69 Å². The Kier molecular flexibility index (Phi) is 5.23. The molecule has 0 saturated heterocycles. The molecule has 0 bridgehead atoms. The van der Waals surface area contributed by atoms with Crippen LogP contribution in [0.25, 0.3) is 0 Å². The van der Waals surface area contributed by atoms with Gasteiger partial charge in [-0.2, -0.15) is 0 Å². The maximum Gasteiger partial charge on any atom is 0.120 e. The van der Waals surface area contributed by atoms with Gasteiger partial charge < -0.3 is 15.2 Å². The summed E-state index contributed by atoms with van der Waals surface area (Å²) in [7, 11) is 1.65. The summed E-state index contributed by atoms with van der Waals surface area (Å²) in [6.07, 6.45) is 0. The van der Waals surface area contributed by atoms with E-state index in [-0.39, 0.29) is 12.6 Å². The number of hydrogen-bond donors (Lipinski definition) is 2. The van der Waals surface area contributed by atoms with Gasteiger partial charge in [-0.15, -0.1) is 0 Å². The Morgan fingerprint density at radius 3 is 2.29 bits per heavy atom. The Morgan fingerprint density at radius 1 is 1.05 bits per heavy atom. The summed E-state index contributed by atoms with van der Waals surface area (Å²) < 4.78 is 5.22. The first kappa shape index (κ1) is 15.4. The molecule has 0 spiro atoms. The zero-order chi connectivity index (χ0) is 15.2. The highest BCUT2D eigenvalue weighted by Gasteiger charge is 2.11. The topological polar surface area (TPSA) is 41.5 Å². The number of hydrogen-bond acceptors (Lipinski definition) is 3. The van der Waals surface area contributed by atoms with Gasteiger partial charge in [0.15, 0.2) is 0 Å². The van der Waals surface area contributed by atoms with Crippen LogP contribution in [0.5, 0.6) is 5.75 Å². The smallest absolute Gasteiger partial charge is 0.120 e. The molecule has 3 heteroatoms. The molecular formula is C18H23NO2. The fourth-order valence-corrected chi connectivity index (χ4v) is 2.26. The monoisotopic (exact) mass is 285 g/mol. The molecule has 0 aromatic heterocycles. The number of ether oxygens (including phenoxy) is 1. The fraction of sp³-hybridized carbons (Fsp3) is 0.333. The van der Waals surface area contributed by atoms with Gasteiger partial charge in [-0.1, -0.05) is 44.2 Å². The molecule has 0 radical (unpaired) electrons. The van der Waals surface area contributed by atoms with Crippen molar-refractivity contribution >= 4 is 5.69 Å². The zero-order valence-corrected chi connectivity index (χ0v) is 12.8. The van der Waals surface area contributed by atoms with Gasteiger partial charge in [0.05, 0.1) is 19.8 Å². The molecule has 0 amide bonds. The Labute approximate surface area is 126 Å². The van der Waals surface area contributed by atoms with Gasteiger partial charge in [-0.25, -0.2) is 0 Å². The van der Waals surface area contributed by atoms with Crippen LogP contribution in [-0.4, -0.2) is 18.8 Å². The van der Waals surface area contributed by atoms with E-state index in [0.29, 0.717) is 5.92 Å². The molecule has 1 unspecified atom stereocenters. The van der Waals surface area contributed by atoms with Crippen LogP contribution < -0.4 is 10.1 Å². The molecule has 1 atom stereocenters. The van der Waals surface area contributed by atoms with Gasteiger partial charge in [0, 0.05) is 11.8 Å². The van der Waals surface area contributed by atoms with Crippen LogP contribution >= 0.6 is 0 Å². The van der Waals surface area contributed by atoms with Crippen LogP contribution in [0.15, 0.2) is 48.5 Å². The number of anilines is 1. The number of rotatable bonds is 6. The molecule has 0 saturated carbocycles. The molecular weight excluding hydrogens is 262 g/mol. The quantitative estimate of drug-likeness (QED) is 0.844. The highest BCUT2D eigenvalue weighted by molar-refractivity contribution is 5.50. The molecule has 112 valence electrons. The maximum atomic E-state index is 9.65. The Balaban J connectivity index is 2.15. The second kappa shape index (κ2) is 7.14. The summed E-state index contributed by atoms with van der Waals surface area (Å²) in [5, 5.41) is 13.0. The molecule has 2 N–H and O–H groups in total. The third kappa shape index (κ3) is 3.99. The molecule has 0 fully saturated rings. The van der Waals surface area contributed by atoms with Gasteiger partial charge in [0.2, 0.25) is 0 Å². The zero-order valence-electron chi connectivity index (χ0n) is 12.8. The molecule has 2 rings (SSSR count). The standard InChI is InChI=1S/C18H23NO2/c1-13(2)14-7-9-15(10-8-14)18(12-20)19-16-5-4-6-17(11-16)21-3/h4-11,13,18-20H,12H2,1-3H3. The molecule has 21 heavy (non-hydrogen) atoms. The van der Waals surface area contributed by atoms with Crippen molar-refractivity contribution in [3.05, 3.63) is 59.7 Å². The number of nitrogens with one attached hydrogen (secondary N) is 1. The van der Waals surface area contributed by atoms with Crippen molar-refractivity contribution in [3.8, 4) is 5.75 Å². The molecule has 0 aliphatic rings. The number of aliphatic hydroxyl groups excluding tert-OH is 1. The minimum absolute atomic E-state index is 0.0399. The van der Waals surface area contributed by atoms with Crippen LogP contribution in [0.1, 0.15) is 36.9 Å². The van der Waals surface area contributed by atoms with Crippen LogP contribution in [0, 0.1) is 0 Å². The summed E-state index contributed by atoms with van der Waals surface area (Å²) in [5.41, 5.74) is 3.31. The average Bonchev–Trinajstić information content (AvgIpc) is 2.53. The number of methoxy groups -OCH3 is 1. The van der Waals surface area contributed by atoms with Gasteiger partial charge in [-0.3, -0.25) is 0 Å².